The Morgan fingerprint density at radius 2 is 1.94 bits per heavy atom. The lowest BCUT2D eigenvalue weighted by molar-refractivity contribution is 0.731. The standard InChI is InChI=1S/C11H6BrCl3N2O/c12-9-10(15)16-5-17(11(9)18)4-6-1-2-7(13)8(14)3-6/h1-3,5H,4H2. The lowest BCUT2D eigenvalue weighted by atomic mass is 10.2. The number of benzene rings is 1. The Morgan fingerprint density at radius 1 is 1.22 bits per heavy atom. The highest BCUT2D eigenvalue weighted by Crippen LogP contribution is 2.23. The fourth-order valence-electron chi connectivity index (χ4n) is 1.39. The SMILES string of the molecule is O=c1c(Br)c(Cl)ncn1Cc1ccc(Cl)c(Cl)c1. The van der Waals surface area contributed by atoms with Crippen molar-refractivity contribution in [3.8, 4) is 0 Å². The van der Waals surface area contributed by atoms with Gasteiger partial charge in [0.2, 0.25) is 0 Å². The molecule has 3 nitrogen and oxygen atoms in total. The molecule has 1 heterocycles. The van der Waals surface area contributed by atoms with Crippen LogP contribution in [0.4, 0.5) is 0 Å². The van der Waals surface area contributed by atoms with Gasteiger partial charge in [-0.1, -0.05) is 40.9 Å². The Balaban J connectivity index is 2.37. The van der Waals surface area contributed by atoms with Gasteiger partial charge in [0.15, 0.2) is 5.15 Å². The average Bonchev–Trinajstić information content (AvgIpc) is 2.34. The number of nitrogens with zero attached hydrogens (tertiary/aromatic N) is 2. The minimum atomic E-state index is -0.249. The first-order chi connectivity index (χ1) is 8.49. The van der Waals surface area contributed by atoms with E-state index in [2.05, 4.69) is 20.9 Å². The Bertz CT molecular complexity index is 657. The van der Waals surface area contributed by atoms with Crippen molar-refractivity contribution in [3.63, 3.8) is 0 Å². The van der Waals surface area contributed by atoms with E-state index in [1.165, 1.54) is 10.9 Å². The number of rotatable bonds is 2. The molecule has 0 saturated heterocycles. The molecule has 0 radical (unpaired) electrons. The van der Waals surface area contributed by atoms with Crippen molar-refractivity contribution >= 4 is 50.7 Å². The van der Waals surface area contributed by atoms with E-state index in [4.69, 9.17) is 34.8 Å². The van der Waals surface area contributed by atoms with Gasteiger partial charge in [-0.2, -0.15) is 0 Å². The molecule has 0 aliphatic heterocycles. The van der Waals surface area contributed by atoms with Crippen LogP contribution >= 0.6 is 50.7 Å². The quantitative estimate of drug-likeness (QED) is 0.751. The molecule has 94 valence electrons. The molecule has 0 unspecified atom stereocenters. The molecule has 2 rings (SSSR count). The molecule has 1 aromatic heterocycles. The fraction of sp³-hybridized carbons (Fsp3) is 0.0909. The molecular weight excluding hydrogens is 362 g/mol. The van der Waals surface area contributed by atoms with Gasteiger partial charge in [0.25, 0.3) is 5.56 Å². The van der Waals surface area contributed by atoms with Gasteiger partial charge in [0.05, 0.1) is 22.9 Å². The highest BCUT2D eigenvalue weighted by molar-refractivity contribution is 9.10. The first-order valence-electron chi connectivity index (χ1n) is 4.83. The largest absolute Gasteiger partial charge is 0.294 e. The van der Waals surface area contributed by atoms with Crippen LogP contribution in [0.5, 0.6) is 0 Å². The molecule has 0 aliphatic carbocycles. The molecule has 0 saturated carbocycles. The number of hydrogen-bond donors (Lipinski definition) is 0. The van der Waals surface area contributed by atoms with Crippen molar-refractivity contribution < 1.29 is 0 Å². The summed E-state index contributed by atoms with van der Waals surface area (Å²) in [5, 5.41) is 1.07. The molecule has 0 spiro atoms. The van der Waals surface area contributed by atoms with Crippen molar-refractivity contribution in [1.82, 2.24) is 9.55 Å². The van der Waals surface area contributed by atoms with E-state index in [9.17, 15) is 4.79 Å². The summed E-state index contributed by atoms with van der Waals surface area (Å²) >= 11 is 20.6. The van der Waals surface area contributed by atoms with Crippen molar-refractivity contribution in [2.45, 2.75) is 6.54 Å². The summed E-state index contributed by atoms with van der Waals surface area (Å²) in [6.45, 7) is 0.346. The van der Waals surface area contributed by atoms with Crippen LogP contribution in [-0.2, 0) is 6.54 Å². The van der Waals surface area contributed by atoms with Gasteiger partial charge in [0, 0.05) is 0 Å². The Kier molecular flexibility index (Phi) is 4.33. The van der Waals surface area contributed by atoms with Crippen molar-refractivity contribution in [2.75, 3.05) is 0 Å². The second kappa shape index (κ2) is 5.61. The minimum Gasteiger partial charge on any atom is -0.294 e. The van der Waals surface area contributed by atoms with Crippen molar-refractivity contribution in [2.24, 2.45) is 0 Å². The minimum absolute atomic E-state index is 0.144. The normalized spacial score (nSPS) is 10.7. The smallest absolute Gasteiger partial charge is 0.269 e. The van der Waals surface area contributed by atoms with Gasteiger partial charge < -0.3 is 0 Å². The molecule has 0 aliphatic rings. The van der Waals surface area contributed by atoms with E-state index < -0.39 is 0 Å². The maximum absolute atomic E-state index is 11.9. The van der Waals surface area contributed by atoms with Crippen LogP contribution in [0, 0.1) is 0 Å². The molecule has 0 fully saturated rings. The number of halogens is 4. The van der Waals surface area contributed by atoms with Gasteiger partial charge in [0.1, 0.15) is 4.47 Å². The van der Waals surface area contributed by atoms with Gasteiger partial charge in [-0.05, 0) is 33.6 Å². The van der Waals surface area contributed by atoms with Gasteiger partial charge in [-0.15, -0.1) is 0 Å². The first-order valence-corrected chi connectivity index (χ1v) is 6.76. The molecule has 0 bridgehead atoms. The summed E-state index contributed by atoms with van der Waals surface area (Å²) < 4.78 is 1.67. The number of hydrogen-bond acceptors (Lipinski definition) is 2. The zero-order chi connectivity index (χ0) is 13.3. The van der Waals surface area contributed by atoms with Gasteiger partial charge >= 0.3 is 0 Å². The summed E-state index contributed by atoms with van der Waals surface area (Å²) in [4.78, 5) is 15.8. The van der Waals surface area contributed by atoms with Crippen molar-refractivity contribution in [3.05, 3.63) is 60.1 Å². The van der Waals surface area contributed by atoms with Crippen LogP contribution in [-0.4, -0.2) is 9.55 Å². The zero-order valence-electron chi connectivity index (χ0n) is 8.83. The van der Waals surface area contributed by atoms with E-state index >= 15 is 0 Å². The van der Waals surface area contributed by atoms with Crippen LogP contribution < -0.4 is 5.56 Å². The van der Waals surface area contributed by atoms with E-state index in [1.807, 2.05) is 0 Å². The second-order valence-corrected chi connectivity index (χ2v) is 5.50. The molecule has 18 heavy (non-hydrogen) atoms. The average molecular weight is 368 g/mol. The molecule has 2 aromatic rings. The highest BCUT2D eigenvalue weighted by atomic mass is 79.9. The predicted molar refractivity (Wildman–Crippen MR) is 76.8 cm³/mol. The summed E-state index contributed by atoms with van der Waals surface area (Å²) in [5.74, 6) is 0. The van der Waals surface area contributed by atoms with E-state index in [-0.39, 0.29) is 15.2 Å². The van der Waals surface area contributed by atoms with Crippen LogP contribution in [0.3, 0.4) is 0 Å². The van der Waals surface area contributed by atoms with E-state index in [0.717, 1.165) is 5.56 Å². The monoisotopic (exact) mass is 366 g/mol. The molecule has 1 aromatic carbocycles. The fourth-order valence-corrected chi connectivity index (χ4v) is 2.17. The maximum Gasteiger partial charge on any atom is 0.269 e. The Morgan fingerprint density at radius 3 is 2.61 bits per heavy atom. The lowest BCUT2D eigenvalue weighted by Gasteiger charge is -2.07. The van der Waals surface area contributed by atoms with E-state index in [0.29, 0.717) is 16.6 Å². The topological polar surface area (TPSA) is 34.9 Å². The highest BCUT2D eigenvalue weighted by Gasteiger charge is 2.08. The molecule has 7 heteroatoms. The maximum atomic E-state index is 11.9. The summed E-state index contributed by atoms with van der Waals surface area (Å²) in [5.41, 5.74) is 0.601. The van der Waals surface area contributed by atoms with Crippen molar-refractivity contribution in [1.29, 1.82) is 0 Å². The summed E-state index contributed by atoms with van der Waals surface area (Å²) in [7, 11) is 0. The van der Waals surface area contributed by atoms with Gasteiger partial charge in [-0.3, -0.25) is 9.36 Å². The second-order valence-electron chi connectivity index (χ2n) is 3.53. The Labute approximate surface area is 126 Å². The van der Waals surface area contributed by atoms with Crippen LogP contribution in [0.25, 0.3) is 0 Å². The lowest BCUT2D eigenvalue weighted by Crippen LogP contribution is -2.21. The molecule has 0 amide bonds. The first kappa shape index (κ1) is 13.9. The Hall–Kier alpha value is -0.550. The van der Waals surface area contributed by atoms with E-state index in [1.54, 1.807) is 18.2 Å². The predicted octanol–water partition coefficient (Wildman–Crippen LogP) is 4.01. The van der Waals surface area contributed by atoms with Crippen LogP contribution in [0.2, 0.25) is 15.2 Å². The summed E-state index contributed by atoms with van der Waals surface area (Å²) in [6.07, 6.45) is 1.39. The number of aromatic nitrogens is 2. The van der Waals surface area contributed by atoms with Crippen LogP contribution in [0.15, 0.2) is 33.8 Å². The van der Waals surface area contributed by atoms with Crippen LogP contribution in [0.1, 0.15) is 5.56 Å². The molecule has 0 atom stereocenters. The third-order valence-corrected chi connectivity index (χ3v) is 4.25. The third-order valence-electron chi connectivity index (χ3n) is 2.28. The third kappa shape index (κ3) is 2.88. The zero-order valence-corrected chi connectivity index (χ0v) is 12.7. The molecule has 0 N–H and O–H groups in total. The summed E-state index contributed by atoms with van der Waals surface area (Å²) in [6, 6.07) is 5.19. The van der Waals surface area contributed by atoms with Gasteiger partial charge in [-0.25, -0.2) is 4.98 Å². The molecular formula is C11H6BrCl3N2O.